The van der Waals surface area contributed by atoms with Crippen LogP contribution in [-0.2, 0) is 0 Å². The molecule has 0 aliphatic rings. The molecule has 6 nitrogen and oxygen atoms in total. The predicted octanol–water partition coefficient (Wildman–Crippen LogP) is 2.00. The van der Waals surface area contributed by atoms with Crippen LogP contribution in [0.5, 0.6) is 0 Å². The summed E-state index contributed by atoms with van der Waals surface area (Å²) in [5.74, 6) is 0. The van der Waals surface area contributed by atoms with Crippen molar-refractivity contribution in [2.75, 3.05) is 5.43 Å². The summed E-state index contributed by atoms with van der Waals surface area (Å²) in [6.45, 7) is 1.97. The number of rotatable bonds is 3. The molecule has 0 aliphatic heterocycles. The lowest BCUT2D eigenvalue weighted by molar-refractivity contribution is 0.880. The van der Waals surface area contributed by atoms with Gasteiger partial charge in [0.25, 0.3) is 0 Å². The van der Waals surface area contributed by atoms with Gasteiger partial charge in [0.2, 0.25) is 5.71 Å². The van der Waals surface area contributed by atoms with Crippen LogP contribution in [0.25, 0.3) is 5.69 Å². The third kappa shape index (κ3) is 2.96. The highest BCUT2D eigenvalue weighted by Crippen LogP contribution is 2.13. The fourth-order valence-corrected chi connectivity index (χ4v) is 1.44. The zero-order chi connectivity index (χ0) is 13.7. The maximum Gasteiger partial charge on any atom is 0.237 e. The fraction of sp³-hybridized carbons (Fsp3) is 0.0769. The molecular weight excluding hydrogens is 240 g/mol. The van der Waals surface area contributed by atoms with E-state index in [1.54, 1.807) is 35.1 Å². The first-order valence-corrected chi connectivity index (χ1v) is 5.48. The van der Waals surface area contributed by atoms with E-state index in [1.807, 2.05) is 25.3 Å². The first-order valence-electron chi connectivity index (χ1n) is 5.48. The van der Waals surface area contributed by atoms with E-state index in [1.165, 1.54) is 0 Å². The van der Waals surface area contributed by atoms with Crippen LogP contribution in [0.2, 0.25) is 0 Å². The van der Waals surface area contributed by atoms with Gasteiger partial charge in [0.15, 0.2) is 0 Å². The van der Waals surface area contributed by atoms with Gasteiger partial charge in [0.1, 0.15) is 12.1 Å². The Morgan fingerprint density at radius 1 is 1.26 bits per heavy atom. The van der Waals surface area contributed by atoms with Crippen molar-refractivity contribution in [2.24, 2.45) is 5.10 Å². The second-order valence-corrected chi connectivity index (χ2v) is 3.80. The number of nitrogens with zero attached hydrogens (tertiary/aromatic N) is 5. The summed E-state index contributed by atoms with van der Waals surface area (Å²) in [4.78, 5) is 0. The molecule has 0 radical (unpaired) electrons. The van der Waals surface area contributed by atoms with Crippen LogP contribution in [0.15, 0.2) is 41.8 Å². The van der Waals surface area contributed by atoms with Gasteiger partial charge < -0.3 is 0 Å². The predicted molar refractivity (Wildman–Crippen MR) is 70.6 cm³/mol. The highest BCUT2D eigenvalue weighted by Gasteiger charge is 1.99. The molecule has 1 heterocycles. The maximum absolute atomic E-state index is 8.54. The molecule has 0 aliphatic carbocycles. The molecule has 0 amide bonds. The van der Waals surface area contributed by atoms with Crippen molar-refractivity contribution in [3.05, 3.63) is 42.2 Å². The molecule has 1 aromatic carbocycles. The third-order valence-electron chi connectivity index (χ3n) is 2.35. The molecule has 2 aromatic rings. The van der Waals surface area contributed by atoms with Crippen LogP contribution in [0, 0.1) is 29.6 Å². The quantitative estimate of drug-likeness (QED) is 0.666. The second kappa shape index (κ2) is 5.48. The average Bonchev–Trinajstić information content (AvgIpc) is 2.87. The summed E-state index contributed by atoms with van der Waals surface area (Å²) in [5.41, 5.74) is 5.12. The largest absolute Gasteiger partial charge is 0.277 e. The second-order valence-electron chi connectivity index (χ2n) is 3.80. The molecule has 0 spiro atoms. The van der Waals surface area contributed by atoms with Crippen LogP contribution in [0.3, 0.4) is 0 Å². The zero-order valence-electron chi connectivity index (χ0n) is 10.2. The lowest BCUT2D eigenvalue weighted by atomic mass is 10.3. The fourth-order valence-electron chi connectivity index (χ4n) is 1.44. The first kappa shape index (κ1) is 12.3. The van der Waals surface area contributed by atoms with Crippen LogP contribution in [0.1, 0.15) is 5.56 Å². The molecule has 1 aromatic heterocycles. The lowest BCUT2D eigenvalue weighted by Gasteiger charge is -2.03. The SMILES string of the molecule is Cc1cnn(-c2ccc(NN=C(C#N)C#N)cc2)c1. The Bertz CT molecular complexity index is 665. The van der Waals surface area contributed by atoms with Crippen molar-refractivity contribution in [3.63, 3.8) is 0 Å². The monoisotopic (exact) mass is 250 g/mol. The summed E-state index contributed by atoms with van der Waals surface area (Å²) in [7, 11) is 0. The van der Waals surface area contributed by atoms with Crippen molar-refractivity contribution in [2.45, 2.75) is 6.92 Å². The average molecular weight is 250 g/mol. The third-order valence-corrected chi connectivity index (χ3v) is 2.35. The Labute approximate surface area is 110 Å². The van der Waals surface area contributed by atoms with Gasteiger partial charge in [-0.05, 0) is 36.8 Å². The minimum Gasteiger partial charge on any atom is -0.277 e. The Morgan fingerprint density at radius 3 is 2.47 bits per heavy atom. The molecule has 6 heteroatoms. The number of aromatic nitrogens is 2. The normalized spacial score (nSPS) is 9.21. The Kier molecular flexibility index (Phi) is 3.56. The number of aryl methyl sites for hydroxylation is 1. The molecule has 0 fully saturated rings. The van der Waals surface area contributed by atoms with Gasteiger partial charge in [-0.1, -0.05) is 0 Å². The van der Waals surface area contributed by atoms with Crippen molar-refractivity contribution < 1.29 is 0 Å². The van der Waals surface area contributed by atoms with E-state index >= 15 is 0 Å². The molecule has 0 bridgehead atoms. The number of hydrogen-bond acceptors (Lipinski definition) is 5. The summed E-state index contributed by atoms with van der Waals surface area (Å²) >= 11 is 0. The van der Waals surface area contributed by atoms with E-state index < -0.39 is 0 Å². The highest BCUT2D eigenvalue weighted by molar-refractivity contribution is 6.10. The van der Waals surface area contributed by atoms with Gasteiger partial charge >= 0.3 is 0 Å². The van der Waals surface area contributed by atoms with Crippen molar-refractivity contribution in [1.82, 2.24) is 9.78 Å². The van der Waals surface area contributed by atoms with Crippen molar-refractivity contribution >= 4 is 11.4 Å². The van der Waals surface area contributed by atoms with Gasteiger partial charge in [-0.15, -0.1) is 0 Å². The van der Waals surface area contributed by atoms with Gasteiger partial charge in [0, 0.05) is 6.20 Å². The van der Waals surface area contributed by atoms with Gasteiger partial charge in [-0.25, -0.2) is 4.68 Å². The standard InChI is InChI=1S/C13H10N6/c1-10-8-16-19(9-10)13-4-2-11(3-5-13)17-18-12(6-14)7-15/h2-5,8-9,17H,1H3. The molecular formula is C13H10N6. The number of nitrogens with one attached hydrogen (secondary N) is 1. The number of benzene rings is 1. The zero-order valence-corrected chi connectivity index (χ0v) is 10.2. The highest BCUT2D eigenvalue weighted by atomic mass is 15.3. The number of nitriles is 2. The van der Waals surface area contributed by atoms with E-state index in [9.17, 15) is 0 Å². The van der Waals surface area contributed by atoms with E-state index in [4.69, 9.17) is 10.5 Å². The maximum atomic E-state index is 8.54. The topological polar surface area (TPSA) is 89.8 Å². The van der Waals surface area contributed by atoms with Crippen molar-refractivity contribution in [3.8, 4) is 17.8 Å². The van der Waals surface area contributed by atoms with Crippen molar-refractivity contribution in [1.29, 1.82) is 10.5 Å². The van der Waals surface area contributed by atoms with Gasteiger partial charge in [-0.3, -0.25) is 5.43 Å². The molecule has 1 N–H and O–H groups in total. The van der Waals surface area contributed by atoms with E-state index in [0.717, 1.165) is 11.3 Å². The van der Waals surface area contributed by atoms with E-state index in [2.05, 4.69) is 15.6 Å². The molecule has 2 rings (SSSR count). The minimum absolute atomic E-state index is 0.216. The molecule has 0 saturated heterocycles. The summed E-state index contributed by atoms with van der Waals surface area (Å²) in [6.07, 6.45) is 3.70. The molecule has 19 heavy (non-hydrogen) atoms. The first-order chi connectivity index (χ1) is 9.22. The van der Waals surface area contributed by atoms with Crippen LogP contribution >= 0.6 is 0 Å². The summed E-state index contributed by atoms with van der Waals surface area (Å²) in [5, 5.41) is 24.9. The number of hydrogen-bond donors (Lipinski definition) is 1. The molecule has 0 atom stereocenters. The van der Waals surface area contributed by atoms with Crippen LogP contribution < -0.4 is 5.43 Å². The van der Waals surface area contributed by atoms with E-state index in [0.29, 0.717) is 5.69 Å². The molecule has 0 unspecified atom stereocenters. The van der Waals surface area contributed by atoms with Gasteiger partial charge in [0.05, 0.1) is 17.6 Å². The number of anilines is 1. The Balaban J connectivity index is 2.14. The molecule has 0 saturated carbocycles. The van der Waals surface area contributed by atoms with Crippen LogP contribution in [0.4, 0.5) is 5.69 Å². The summed E-state index contributed by atoms with van der Waals surface area (Å²) < 4.78 is 1.76. The smallest absolute Gasteiger partial charge is 0.237 e. The number of hydrazone groups is 1. The Morgan fingerprint density at radius 2 is 1.95 bits per heavy atom. The molecule has 92 valence electrons. The van der Waals surface area contributed by atoms with E-state index in [-0.39, 0.29) is 5.71 Å². The summed E-state index contributed by atoms with van der Waals surface area (Å²) in [6, 6.07) is 10.7. The lowest BCUT2D eigenvalue weighted by Crippen LogP contribution is -1.97. The Hall–Kier alpha value is -3.12. The van der Waals surface area contributed by atoms with Gasteiger partial charge in [-0.2, -0.15) is 20.7 Å². The van der Waals surface area contributed by atoms with Crippen LogP contribution in [-0.4, -0.2) is 15.5 Å². The minimum atomic E-state index is -0.216.